The Morgan fingerprint density at radius 2 is 1.20 bits per heavy atom. The molecule has 0 aliphatic rings. The van der Waals surface area contributed by atoms with Gasteiger partial charge < -0.3 is 20.1 Å². The van der Waals surface area contributed by atoms with Gasteiger partial charge in [-0.25, -0.2) is 19.2 Å². The molecule has 8 nitrogen and oxygen atoms in total. The second-order valence-corrected chi connectivity index (χ2v) is 6.60. The topological polar surface area (TPSA) is 138 Å². The fraction of sp³-hybridized carbons (Fsp3) is 0.259. The molecule has 0 saturated heterocycles. The van der Waals surface area contributed by atoms with Gasteiger partial charge in [-0.3, -0.25) is 0 Å². The van der Waals surface area contributed by atoms with Gasteiger partial charge in [-0.15, -0.1) is 0 Å². The fourth-order valence-electron chi connectivity index (χ4n) is 1.02. The van der Waals surface area contributed by atoms with Crippen LogP contribution in [0.2, 0.25) is 0 Å². The van der Waals surface area contributed by atoms with Crippen LogP contribution >= 0.6 is 0 Å². The standard InChI is InChI=1S/C8H14O2.C8H8.2C4H6O2.C3H4O2/c1-4-5-6-10-8(9)7(2)3;1-2-8-6-4-3-5-7-8;2*1-3(2)4(5)6;1-2-3(4)5/h2,4-6H2,1,3H3;2-7H,1H2;2*1H2,2H3,(H,5,6);2H,1H2,(H,4,5). The van der Waals surface area contributed by atoms with E-state index in [1.165, 1.54) is 19.4 Å². The molecule has 194 valence electrons. The molecule has 0 heterocycles. The molecule has 0 saturated carbocycles. The van der Waals surface area contributed by atoms with E-state index >= 15 is 0 Å². The molecule has 0 fully saturated rings. The second kappa shape index (κ2) is 26.1. The van der Waals surface area contributed by atoms with Gasteiger partial charge in [-0.1, -0.05) is 82.6 Å². The van der Waals surface area contributed by atoms with Crippen molar-refractivity contribution in [2.24, 2.45) is 0 Å². The molecular weight excluding hydrogens is 452 g/mol. The van der Waals surface area contributed by atoms with Gasteiger partial charge in [-0.2, -0.15) is 0 Å². The Hall–Kier alpha value is -4.20. The molecule has 8 heteroatoms. The fourth-order valence-corrected chi connectivity index (χ4v) is 1.02. The molecule has 35 heavy (non-hydrogen) atoms. The van der Waals surface area contributed by atoms with Gasteiger partial charge in [0.1, 0.15) is 0 Å². The zero-order chi connectivity index (χ0) is 28.4. The Kier molecular flexibility index (Phi) is 28.3. The quantitative estimate of drug-likeness (QED) is 0.237. The molecule has 0 unspecified atom stereocenters. The number of esters is 1. The van der Waals surface area contributed by atoms with Gasteiger partial charge in [0.05, 0.1) is 6.61 Å². The summed E-state index contributed by atoms with van der Waals surface area (Å²) in [5.74, 6) is -3.14. The number of ether oxygens (including phenoxy) is 1. The summed E-state index contributed by atoms with van der Waals surface area (Å²) in [4.78, 5) is 39.1. The summed E-state index contributed by atoms with van der Waals surface area (Å²) in [5.41, 5.74) is 1.99. The Bertz CT molecular complexity index is 788. The van der Waals surface area contributed by atoms with Crippen LogP contribution in [-0.2, 0) is 23.9 Å². The van der Waals surface area contributed by atoms with Crippen LogP contribution in [0.5, 0.6) is 0 Å². The van der Waals surface area contributed by atoms with Gasteiger partial charge in [0.2, 0.25) is 0 Å². The zero-order valence-corrected chi connectivity index (χ0v) is 21.1. The van der Waals surface area contributed by atoms with Crippen LogP contribution in [0.15, 0.2) is 86.0 Å². The van der Waals surface area contributed by atoms with Crippen molar-refractivity contribution in [3.8, 4) is 0 Å². The third-order valence-electron chi connectivity index (χ3n) is 3.02. The Labute approximate surface area is 208 Å². The predicted octanol–water partition coefficient (Wildman–Crippen LogP) is 5.79. The molecular formula is C27H38O8. The summed E-state index contributed by atoms with van der Waals surface area (Å²) in [6.45, 7) is 23.5. The molecule has 0 spiro atoms. The van der Waals surface area contributed by atoms with E-state index < -0.39 is 17.9 Å². The first-order valence-corrected chi connectivity index (χ1v) is 10.3. The number of aliphatic carboxylic acids is 3. The lowest BCUT2D eigenvalue weighted by Gasteiger charge is -2.01. The maximum atomic E-state index is 10.7. The molecule has 1 rings (SSSR count). The lowest BCUT2D eigenvalue weighted by atomic mass is 10.2. The predicted molar refractivity (Wildman–Crippen MR) is 140 cm³/mol. The van der Waals surface area contributed by atoms with Crippen LogP contribution in [0.1, 0.15) is 46.1 Å². The maximum Gasteiger partial charge on any atom is 0.333 e. The lowest BCUT2D eigenvalue weighted by Crippen LogP contribution is -2.05. The molecule has 3 N–H and O–H groups in total. The minimum Gasteiger partial charge on any atom is -0.478 e. The number of rotatable bonds is 8. The summed E-state index contributed by atoms with van der Waals surface area (Å²) >= 11 is 0. The number of carbonyl (C=O) groups is 4. The van der Waals surface area contributed by atoms with Crippen LogP contribution in [-0.4, -0.2) is 45.8 Å². The van der Waals surface area contributed by atoms with E-state index in [4.69, 9.17) is 20.1 Å². The van der Waals surface area contributed by atoms with Crippen molar-refractivity contribution < 1.29 is 39.2 Å². The van der Waals surface area contributed by atoms with Crippen LogP contribution in [0.25, 0.3) is 6.08 Å². The zero-order valence-electron chi connectivity index (χ0n) is 21.1. The number of carboxylic acid groups (broad SMARTS) is 3. The summed E-state index contributed by atoms with van der Waals surface area (Å²) in [7, 11) is 0. The van der Waals surface area contributed by atoms with E-state index in [-0.39, 0.29) is 17.1 Å². The highest BCUT2D eigenvalue weighted by Gasteiger charge is 2.00. The van der Waals surface area contributed by atoms with Gasteiger partial charge >= 0.3 is 23.9 Å². The summed E-state index contributed by atoms with van der Waals surface area (Å²) in [6, 6.07) is 10.0. The molecule has 1 aromatic carbocycles. The number of carboxylic acids is 3. The summed E-state index contributed by atoms with van der Waals surface area (Å²) < 4.78 is 4.81. The van der Waals surface area contributed by atoms with Crippen molar-refractivity contribution in [3.05, 3.63) is 91.6 Å². The summed E-state index contributed by atoms with van der Waals surface area (Å²) in [5, 5.41) is 23.4. The molecule has 0 aliphatic carbocycles. The normalized spacial score (nSPS) is 8.00. The molecule has 0 amide bonds. The number of benzene rings is 1. The first-order valence-electron chi connectivity index (χ1n) is 10.3. The third-order valence-corrected chi connectivity index (χ3v) is 3.02. The van der Waals surface area contributed by atoms with Gasteiger partial charge in [0.25, 0.3) is 0 Å². The highest BCUT2D eigenvalue weighted by molar-refractivity contribution is 5.87. The monoisotopic (exact) mass is 490 g/mol. The van der Waals surface area contributed by atoms with Gasteiger partial charge in [-0.05, 0) is 32.8 Å². The SMILES string of the molecule is C=C(C)C(=O)O.C=C(C)C(=O)O.C=C(C)C(=O)OCCCC.C=CC(=O)O.C=Cc1ccccc1. The molecule has 0 radical (unpaired) electrons. The van der Waals surface area contributed by atoms with E-state index in [0.717, 1.165) is 18.9 Å². The minimum absolute atomic E-state index is 0.176. The molecule has 1 aromatic rings. The Morgan fingerprint density at radius 3 is 1.40 bits per heavy atom. The number of unbranched alkanes of at least 4 members (excludes halogenated alkanes) is 1. The number of hydrogen-bond acceptors (Lipinski definition) is 5. The van der Waals surface area contributed by atoms with E-state index in [9.17, 15) is 19.2 Å². The van der Waals surface area contributed by atoms with Crippen LogP contribution in [0, 0.1) is 0 Å². The first-order chi connectivity index (χ1) is 16.2. The highest BCUT2D eigenvalue weighted by atomic mass is 16.5. The average molecular weight is 491 g/mol. The maximum absolute atomic E-state index is 10.7. The van der Waals surface area contributed by atoms with Gasteiger partial charge in [0.15, 0.2) is 0 Å². The van der Waals surface area contributed by atoms with Crippen molar-refractivity contribution in [2.45, 2.75) is 40.5 Å². The highest BCUT2D eigenvalue weighted by Crippen LogP contribution is 1.97. The largest absolute Gasteiger partial charge is 0.478 e. The van der Waals surface area contributed by atoms with Gasteiger partial charge in [0, 0.05) is 22.8 Å². The third kappa shape index (κ3) is 37.4. The lowest BCUT2D eigenvalue weighted by molar-refractivity contribution is -0.139. The van der Waals surface area contributed by atoms with Crippen molar-refractivity contribution in [1.82, 2.24) is 0 Å². The molecule has 0 aromatic heterocycles. The van der Waals surface area contributed by atoms with Crippen molar-refractivity contribution in [1.29, 1.82) is 0 Å². The smallest absolute Gasteiger partial charge is 0.333 e. The first kappa shape index (κ1) is 38.1. The minimum atomic E-state index is -0.981. The molecule has 0 bridgehead atoms. The molecule has 0 aliphatic heterocycles. The Morgan fingerprint density at radius 1 is 0.829 bits per heavy atom. The second-order valence-electron chi connectivity index (χ2n) is 6.60. The Balaban J connectivity index is -0.000000176. The van der Waals surface area contributed by atoms with Crippen molar-refractivity contribution in [3.63, 3.8) is 0 Å². The van der Waals surface area contributed by atoms with Crippen LogP contribution in [0.3, 0.4) is 0 Å². The van der Waals surface area contributed by atoms with E-state index in [1.54, 1.807) is 6.92 Å². The van der Waals surface area contributed by atoms with Crippen molar-refractivity contribution in [2.75, 3.05) is 6.61 Å². The van der Waals surface area contributed by atoms with Crippen LogP contribution in [0.4, 0.5) is 0 Å². The molecule has 0 atom stereocenters. The number of carbonyl (C=O) groups excluding carboxylic acids is 1. The number of hydrogen-bond donors (Lipinski definition) is 3. The van der Waals surface area contributed by atoms with E-state index in [2.05, 4.69) is 39.8 Å². The van der Waals surface area contributed by atoms with E-state index in [0.29, 0.717) is 12.2 Å². The van der Waals surface area contributed by atoms with E-state index in [1.807, 2.05) is 36.4 Å². The van der Waals surface area contributed by atoms with Crippen molar-refractivity contribution >= 4 is 30.0 Å². The average Bonchev–Trinajstić information content (AvgIpc) is 2.81. The summed E-state index contributed by atoms with van der Waals surface area (Å²) in [6.07, 6.45) is 4.64. The van der Waals surface area contributed by atoms with Crippen LogP contribution < -0.4 is 0 Å².